The highest BCUT2D eigenvalue weighted by Crippen LogP contribution is 2.27. The van der Waals surface area contributed by atoms with Crippen molar-refractivity contribution >= 4 is 58.7 Å². The van der Waals surface area contributed by atoms with Gasteiger partial charge < -0.3 is 20.7 Å². The molecule has 1 atom stereocenters. The van der Waals surface area contributed by atoms with Crippen LogP contribution in [0.5, 0.6) is 5.75 Å². The molecule has 1 unspecified atom stereocenters. The number of carbonyl (C=O) groups excluding carboxylic acids is 4. The molecule has 0 saturated carbocycles. The molecule has 10 nitrogen and oxygen atoms in total. The van der Waals surface area contributed by atoms with Crippen LogP contribution in [0.4, 0.5) is 11.4 Å². The van der Waals surface area contributed by atoms with Crippen molar-refractivity contribution in [2.75, 3.05) is 16.9 Å². The summed E-state index contributed by atoms with van der Waals surface area (Å²) in [6.07, 6.45) is 1.58. The summed E-state index contributed by atoms with van der Waals surface area (Å²) in [5.74, 6) is -0.520. The number of amidine groups is 1. The molecule has 4 aromatic rings. The zero-order valence-corrected chi connectivity index (χ0v) is 26.6. The highest BCUT2D eigenvalue weighted by molar-refractivity contribution is 8.00. The molecule has 0 spiro atoms. The lowest BCUT2D eigenvalue weighted by molar-refractivity contribution is -0.119. The number of nitrogens with one attached hydrogen (secondary N) is 3. The van der Waals surface area contributed by atoms with Gasteiger partial charge in [0.25, 0.3) is 17.7 Å². The van der Waals surface area contributed by atoms with Crippen LogP contribution >= 0.6 is 11.8 Å². The van der Waals surface area contributed by atoms with Crippen molar-refractivity contribution in [3.8, 4) is 5.75 Å². The molecule has 1 aliphatic heterocycles. The van der Waals surface area contributed by atoms with Gasteiger partial charge in [-0.25, -0.2) is 0 Å². The van der Waals surface area contributed by atoms with E-state index >= 15 is 0 Å². The summed E-state index contributed by atoms with van der Waals surface area (Å²) < 4.78 is 5.51. The fourth-order valence-corrected chi connectivity index (χ4v) is 5.48. The maximum atomic E-state index is 13.5. The summed E-state index contributed by atoms with van der Waals surface area (Å²) in [4.78, 5) is 52.7. The molecule has 11 heteroatoms. The number of para-hydroxylation sites is 1. The predicted molar refractivity (Wildman–Crippen MR) is 184 cm³/mol. The lowest BCUT2D eigenvalue weighted by Crippen LogP contribution is -2.35. The first-order chi connectivity index (χ1) is 22.8. The Morgan fingerprint density at radius 2 is 1.62 bits per heavy atom. The van der Waals surface area contributed by atoms with Crippen LogP contribution in [0.25, 0.3) is 6.08 Å². The monoisotopic (exact) mass is 647 g/mol. The minimum Gasteiger partial charge on any atom is -0.494 e. The number of hydrogen-bond acceptors (Lipinski definition) is 7. The van der Waals surface area contributed by atoms with Gasteiger partial charge in [-0.2, -0.15) is 10.1 Å². The van der Waals surface area contributed by atoms with E-state index in [1.165, 1.54) is 16.8 Å². The molecule has 238 valence electrons. The SMILES string of the molecule is CCOc1ccc(/C=C(/NC(=O)c2ccccc2)C(=O)Nc2cccc(SC(C)C(=O)NC3=NN(c4ccccc4)C(=O)C3)c2)cc1. The number of thioether (sulfide) groups is 1. The Hall–Kier alpha value is -5.68. The molecule has 1 aliphatic rings. The lowest BCUT2D eigenvalue weighted by atomic mass is 10.1. The summed E-state index contributed by atoms with van der Waals surface area (Å²) >= 11 is 1.29. The predicted octanol–water partition coefficient (Wildman–Crippen LogP) is 5.84. The molecule has 47 heavy (non-hydrogen) atoms. The number of amides is 4. The number of rotatable bonds is 11. The van der Waals surface area contributed by atoms with E-state index in [9.17, 15) is 19.2 Å². The van der Waals surface area contributed by atoms with E-state index in [0.29, 0.717) is 34.9 Å². The van der Waals surface area contributed by atoms with Crippen LogP contribution < -0.4 is 25.7 Å². The first kappa shape index (κ1) is 32.7. The molecule has 0 bridgehead atoms. The van der Waals surface area contributed by atoms with Gasteiger partial charge in [-0.1, -0.05) is 54.6 Å². The van der Waals surface area contributed by atoms with Gasteiger partial charge >= 0.3 is 0 Å². The van der Waals surface area contributed by atoms with Gasteiger partial charge in [0, 0.05) is 16.1 Å². The maximum Gasteiger partial charge on any atom is 0.272 e. The third kappa shape index (κ3) is 8.95. The van der Waals surface area contributed by atoms with Gasteiger partial charge in [-0.3, -0.25) is 19.2 Å². The summed E-state index contributed by atoms with van der Waals surface area (Å²) in [6.45, 7) is 4.17. The Balaban J connectivity index is 1.26. The van der Waals surface area contributed by atoms with Crippen LogP contribution in [-0.2, 0) is 14.4 Å². The molecular weight excluding hydrogens is 614 g/mol. The second kappa shape index (κ2) is 15.5. The van der Waals surface area contributed by atoms with Gasteiger partial charge in [0.2, 0.25) is 5.91 Å². The van der Waals surface area contributed by atoms with Crippen LogP contribution in [-0.4, -0.2) is 41.3 Å². The van der Waals surface area contributed by atoms with Crippen LogP contribution in [0.15, 0.2) is 125 Å². The molecule has 0 radical (unpaired) electrons. The molecule has 0 aromatic heterocycles. The molecule has 4 aromatic carbocycles. The zero-order valence-electron chi connectivity index (χ0n) is 25.8. The van der Waals surface area contributed by atoms with Gasteiger partial charge in [0.15, 0.2) is 0 Å². The van der Waals surface area contributed by atoms with Gasteiger partial charge in [0.1, 0.15) is 17.3 Å². The van der Waals surface area contributed by atoms with Gasteiger partial charge in [0.05, 0.1) is 24.0 Å². The molecule has 0 saturated heterocycles. The van der Waals surface area contributed by atoms with E-state index < -0.39 is 17.1 Å². The Bertz CT molecular complexity index is 1810. The van der Waals surface area contributed by atoms with E-state index in [2.05, 4.69) is 21.1 Å². The van der Waals surface area contributed by atoms with Crippen molar-refractivity contribution in [2.24, 2.45) is 5.10 Å². The van der Waals surface area contributed by atoms with Crippen LogP contribution in [0.3, 0.4) is 0 Å². The first-order valence-corrected chi connectivity index (χ1v) is 15.8. The highest BCUT2D eigenvalue weighted by atomic mass is 32.2. The number of carbonyl (C=O) groups is 4. The van der Waals surface area contributed by atoms with E-state index in [-0.39, 0.29) is 29.8 Å². The third-order valence-corrected chi connectivity index (χ3v) is 7.94. The third-order valence-electron chi connectivity index (χ3n) is 6.85. The molecule has 0 aliphatic carbocycles. The number of anilines is 2. The molecule has 1 heterocycles. The Labute approximate surface area is 276 Å². The second-order valence-corrected chi connectivity index (χ2v) is 11.8. The average Bonchev–Trinajstić information content (AvgIpc) is 3.45. The minimum absolute atomic E-state index is 0.00708. The summed E-state index contributed by atoms with van der Waals surface area (Å²) in [5.41, 5.74) is 2.25. The average molecular weight is 648 g/mol. The first-order valence-electron chi connectivity index (χ1n) is 14.9. The molecule has 0 fully saturated rings. The fraction of sp³-hybridized carbons (Fsp3) is 0.139. The molecular formula is C36H33N5O5S. The topological polar surface area (TPSA) is 129 Å². The summed E-state index contributed by atoms with van der Waals surface area (Å²) in [6, 6.07) is 31.8. The number of ether oxygens (including phenoxy) is 1. The van der Waals surface area contributed by atoms with E-state index in [0.717, 1.165) is 4.90 Å². The number of benzene rings is 4. The van der Waals surface area contributed by atoms with Crippen LogP contribution in [0, 0.1) is 0 Å². The van der Waals surface area contributed by atoms with E-state index in [1.807, 2.05) is 31.2 Å². The number of nitrogens with zero attached hydrogens (tertiary/aromatic N) is 2. The van der Waals surface area contributed by atoms with Gasteiger partial charge in [-0.05, 0) is 80.1 Å². The Morgan fingerprint density at radius 3 is 2.32 bits per heavy atom. The standard InChI is InChI=1S/C36H33N5O5S/c1-3-46-29-19-17-25(18-20-29)21-31(38-35(44)26-11-6-4-7-12-26)36(45)37-27-13-10-16-30(22-27)47-24(2)34(43)39-32-23-33(42)41(40-32)28-14-8-5-9-15-28/h4-22,24H,3,23H2,1-2H3,(H,37,45)(H,38,44)(H,39,40,43)/b31-21+. The van der Waals surface area contributed by atoms with Crippen LogP contribution in [0.1, 0.15) is 36.2 Å². The van der Waals surface area contributed by atoms with E-state index in [4.69, 9.17) is 4.74 Å². The van der Waals surface area contributed by atoms with Crippen LogP contribution in [0.2, 0.25) is 0 Å². The lowest BCUT2D eigenvalue weighted by Gasteiger charge is -2.14. The zero-order chi connectivity index (χ0) is 33.2. The van der Waals surface area contributed by atoms with E-state index in [1.54, 1.807) is 97.9 Å². The maximum absolute atomic E-state index is 13.5. The largest absolute Gasteiger partial charge is 0.494 e. The van der Waals surface area contributed by atoms with Crippen molar-refractivity contribution in [3.05, 3.63) is 126 Å². The van der Waals surface area contributed by atoms with Gasteiger partial charge in [-0.15, -0.1) is 11.8 Å². The molecule has 4 amide bonds. The quantitative estimate of drug-likeness (QED) is 0.139. The molecule has 5 rings (SSSR count). The van der Waals surface area contributed by atoms with Crippen molar-refractivity contribution < 1.29 is 23.9 Å². The Morgan fingerprint density at radius 1 is 0.915 bits per heavy atom. The van der Waals surface area contributed by atoms with Crippen molar-refractivity contribution in [1.29, 1.82) is 0 Å². The van der Waals surface area contributed by atoms with Crippen molar-refractivity contribution in [2.45, 2.75) is 30.4 Å². The van der Waals surface area contributed by atoms with Crippen molar-refractivity contribution in [1.82, 2.24) is 10.6 Å². The minimum atomic E-state index is -0.537. The second-order valence-electron chi connectivity index (χ2n) is 10.4. The Kier molecular flexibility index (Phi) is 10.8. The van der Waals surface area contributed by atoms with Crippen molar-refractivity contribution in [3.63, 3.8) is 0 Å². The molecule has 3 N–H and O–H groups in total. The number of hydrazone groups is 1. The normalized spacial score (nSPS) is 13.4. The fourth-order valence-electron chi connectivity index (χ4n) is 4.55. The smallest absolute Gasteiger partial charge is 0.272 e. The summed E-state index contributed by atoms with van der Waals surface area (Å²) in [5, 5.41) is 13.4. The summed E-state index contributed by atoms with van der Waals surface area (Å²) in [7, 11) is 0. The number of hydrogen-bond donors (Lipinski definition) is 3. The highest BCUT2D eigenvalue weighted by Gasteiger charge is 2.27.